The van der Waals surface area contributed by atoms with Crippen LogP contribution in [0.1, 0.15) is 46.0 Å². The van der Waals surface area contributed by atoms with E-state index >= 15 is 0 Å². The number of benzene rings is 1. The standard InChI is InChI=1S/C19H20ClFN2O5/c1-5-27-19(26)16-9(2)15(10(3)22-16)18(25)28-11(4)17(24)23-14-7-6-12(21)8-13(14)20/h6-8,11,22H,5H2,1-4H3,(H,23,24)/t11-/m1/s1. The highest BCUT2D eigenvalue weighted by molar-refractivity contribution is 6.33. The normalized spacial score (nSPS) is 11.6. The Bertz CT molecular complexity index is 925. The van der Waals surface area contributed by atoms with Crippen molar-refractivity contribution < 1.29 is 28.2 Å². The average Bonchev–Trinajstić information content (AvgIpc) is 2.92. The molecule has 0 fully saturated rings. The van der Waals surface area contributed by atoms with Crippen molar-refractivity contribution >= 4 is 35.1 Å². The molecule has 1 amide bonds. The maximum Gasteiger partial charge on any atom is 0.355 e. The molecule has 0 radical (unpaired) electrons. The van der Waals surface area contributed by atoms with Gasteiger partial charge >= 0.3 is 11.9 Å². The van der Waals surface area contributed by atoms with Crippen LogP contribution in [-0.2, 0) is 14.3 Å². The Morgan fingerprint density at radius 2 is 1.93 bits per heavy atom. The first-order valence-electron chi connectivity index (χ1n) is 8.48. The summed E-state index contributed by atoms with van der Waals surface area (Å²) in [5.41, 5.74) is 1.29. The summed E-state index contributed by atoms with van der Waals surface area (Å²) < 4.78 is 23.2. The molecule has 2 aromatic rings. The zero-order chi connectivity index (χ0) is 21.0. The molecule has 1 aromatic carbocycles. The fraction of sp³-hybridized carbons (Fsp3) is 0.316. The molecule has 7 nitrogen and oxygen atoms in total. The van der Waals surface area contributed by atoms with Crippen molar-refractivity contribution in [1.29, 1.82) is 0 Å². The predicted molar refractivity (Wildman–Crippen MR) is 101 cm³/mol. The number of ether oxygens (including phenoxy) is 2. The van der Waals surface area contributed by atoms with Gasteiger partial charge in [0.25, 0.3) is 5.91 Å². The number of carbonyl (C=O) groups is 3. The van der Waals surface area contributed by atoms with Gasteiger partial charge in [0.1, 0.15) is 11.5 Å². The first-order chi connectivity index (χ1) is 13.1. The van der Waals surface area contributed by atoms with Crippen LogP contribution in [0.5, 0.6) is 0 Å². The molecule has 9 heteroatoms. The summed E-state index contributed by atoms with van der Waals surface area (Å²) in [4.78, 5) is 39.5. The van der Waals surface area contributed by atoms with Gasteiger partial charge < -0.3 is 19.8 Å². The third-order valence-corrected chi connectivity index (χ3v) is 4.28. The first kappa shape index (κ1) is 21.4. The molecule has 2 N–H and O–H groups in total. The Hall–Kier alpha value is -2.87. The zero-order valence-corrected chi connectivity index (χ0v) is 16.6. The Morgan fingerprint density at radius 3 is 2.54 bits per heavy atom. The van der Waals surface area contributed by atoms with Crippen LogP contribution >= 0.6 is 11.6 Å². The minimum atomic E-state index is -1.16. The molecule has 2 rings (SSSR count). The highest BCUT2D eigenvalue weighted by Crippen LogP contribution is 2.23. The molecule has 1 aromatic heterocycles. The number of H-pyrrole nitrogens is 1. The van der Waals surface area contributed by atoms with E-state index in [0.29, 0.717) is 11.3 Å². The van der Waals surface area contributed by atoms with Crippen molar-refractivity contribution in [2.24, 2.45) is 0 Å². The van der Waals surface area contributed by atoms with Crippen molar-refractivity contribution in [3.05, 3.63) is 51.6 Å². The van der Waals surface area contributed by atoms with Crippen LogP contribution < -0.4 is 5.32 Å². The molecular formula is C19H20ClFN2O5. The van der Waals surface area contributed by atoms with Gasteiger partial charge in [-0.3, -0.25) is 4.79 Å². The minimum absolute atomic E-state index is 0.0169. The number of esters is 2. The van der Waals surface area contributed by atoms with Gasteiger partial charge in [0, 0.05) is 5.69 Å². The molecule has 0 spiro atoms. The number of aromatic amines is 1. The minimum Gasteiger partial charge on any atom is -0.461 e. The van der Waals surface area contributed by atoms with Gasteiger partial charge in [0.05, 0.1) is 22.9 Å². The number of rotatable bonds is 6. The van der Waals surface area contributed by atoms with E-state index in [9.17, 15) is 18.8 Å². The third kappa shape index (κ3) is 4.69. The molecule has 0 saturated heterocycles. The molecule has 0 aliphatic carbocycles. The number of carbonyl (C=O) groups excluding carboxylic acids is 3. The van der Waals surface area contributed by atoms with Crippen molar-refractivity contribution in [3.63, 3.8) is 0 Å². The topological polar surface area (TPSA) is 97.5 Å². The number of halogens is 2. The lowest BCUT2D eigenvalue weighted by Gasteiger charge is -2.14. The van der Waals surface area contributed by atoms with Crippen molar-refractivity contribution in [3.8, 4) is 0 Å². The third-order valence-electron chi connectivity index (χ3n) is 3.96. The van der Waals surface area contributed by atoms with Gasteiger partial charge in [-0.2, -0.15) is 0 Å². The van der Waals surface area contributed by atoms with Crippen LogP contribution in [0.25, 0.3) is 0 Å². The lowest BCUT2D eigenvalue weighted by Crippen LogP contribution is -2.30. The number of hydrogen-bond donors (Lipinski definition) is 2. The Balaban J connectivity index is 2.11. The summed E-state index contributed by atoms with van der Waals surface area (Å²) in [6.45, 7) is 6.43. The number of anilines is 1. The second kappa shape index (κ2) is 8.88. The highest BCUT2D eigenvalue weighted by Gasteiger charge is 2.27. The van der Waals surface area contributed by atoms with E-state index < -0.39 is 29.8 Å². The van der Waals surface area contributed by atoms with Gasteiger partial charge in [0.15, 0.2) is 6.10 Å². The highest BCUT2D eigenvalue weighted by atomic mass is 35.5. The van der Waals surface area contributed by atoms with E-state index in [1.165, 1.54) is 13.0 Å². The summed E-state index contributed by atoms with van der Waals surface area (Å²) in [6.07, 6.45) is -1.16. The monoisotopic (exact) mass is 410 g/mol. The van der Waals surface area contributed by atoms with Gasteiger partial charge in [-0.05, 0) is 51.5 Å². The van der Waals surface area contributed by atoms with Gasteiger partial charge in [-0.25, -0.2) is 14.0 Å². The van der Waals surface area contributed by atoms with Crippen LogP contribution in [0.4, 0.5) is 10.1 Å². The largest absolute Gasteiger partial charge is 0.461 e. The molecule has 150 valence electrons. The maximum atomic E-state index is 13.1. The van der Waals surface area contributed by atoms with Crippen LogP contribution in [-0.4, -0.2) is 35.5 Å². The van der Waals surface area contributed by atoms with Crippen molar-refractivity contribution in [2.75, 3.05) is 11.9 Å². The molecular weight excluding hydrogens is 391 g/mol. The second-order valence-electron chi connectivity index (χ2n) is 6.01. The smallest absolute Gasteiger partial charge is 0.355 e. The van der Waals surface area contributed by atoms with E-state index in [0.717, 1.165) is 12.1 Å². The predicted octanol–water partition coefficient (Wildman–Crippen LogP) is 3.78. The number of amides is 1. The summed E-state index contributed by atoms with van der Waals surface area (Å²) in [5.74, 6) is -2.54. The molecule has 0 unspecified atom stereocenters. The number of aromatic nitrogens is 1. The Labute approximate surface area is 166 Å². The van der Waals surface area contributed by atoms with E-state index in [2.05, 4.69) is 10.3 Å². The maximum absolute atomic E-state index is 13.1. The molecule has 1 heterocycles. The van der Waals surface area contributed by atoms with Crippen LogP contribution in [0.3, 0.4) is 0 Å². The number of aryl methyl sites for hydroxylation is 1. The molecule has 1 atom stereocenters. The van der Waals surface area contributed by atoms with E-state index in [1.54, 1.807) is 20.8 Å². The first-order valence-corrected chi connectivity index (χ1v) is 8.86. The van der Waals surface area contributed by atoms with Crippen molar-refractivity contribution in [1.82, 2.24) is 4.98 Å². The Kier molecular flexibility index (Phi) is 6.80. The van der Waals surface area contributed by atoms with E-state index in [-0.39, 0.29) is 28.6 Å². The average molecular weight is 411 g/mol. The van der Waals surface area contributed by atoms with Crippen molar-refractivity contribution in [2.45, 2.75) is 33.8 Å². The molecule has 0 saturated carbocycles. The summed E-state index contributed by atoms with van der Waals surface area (Å²) in [5, 5.41) is 2.48. The summed E-state index contributed by atoms with van der Waals surface area (Å²) in [6, 6.07) is 3.50. The molecule has 0 aliphatic rings. The second-order valence-corrected chi connectivity index (χ2v) is 6.41. The van der Waals surface area contributed by atoms with Gasteiger partial charge in [-0.15, -0.1) is 0 Å². The Morgan fingerprint density at radius 1 is 1.25 bits per heavy atom. The number of hydrogen-bond acceptors (Lipinski definition) is 5. The molecule has 0 aliphatic heterocycles. The summed E-state index contributed by atoms with van der Waals surface area (Å²) in [7, 11) is 0. The lowest BCUT2D eigenvalue weighted by molar-refractivity contribution is -0.123. The molecule has 0 bridgehead atoms. The van der Waals surface area contributed by atoms with Gasteiger partial charge in [-0.1, -0.05) is 11.6 Å². The van der Waals surface area contributed by atoms with Crippen LogP contribution in [0.2, 0.25) is 5.02 Å². The van der Waals surface area contributed by atoms with Gasteiger partial charge in [0.2, 0.25) is 0 Å². The fourth-order valence-electron chi connectivity index (χ4n) is 2.56. The zero-order valence-electron chi connectivity index (χ0n) is 15.8. The van der Waals surface area contributed by atoms with Crippen LogP contribution in [0.15, 0.2) is 18.2 Å². The van der Waals surface area contributed by atoms with Crippen LogP contribution in [0, 0.1) is 19.7 Å². The lowest BCUT2D eigenvalue weighted by atomic mass is 10.1. The van der Waals surface area contributed by atoms with E-state index in [4.69, 9.17) is 21.1 Å². The quantitative estimate of drug-likeness (QED) is 0.706. The fourth-order valence-corrected chi connectivity index (χ4v) is 2.78. The molecule has 28 heavy (non-hydrogen) atoms. The van der Waals surface area contributed by atoms with E-state index in [1.807, 2.05) is 0 Å². The summed E-state index contributed by atoms with van der Waals surface area (Å²) >= 11 is 5.87. The SMILES string of the molecule is CCOC(=O)c1[nH]c(C)c(C(=O)O[C@H](C)C(=O)Nc2ccc(F)cc2Cl)c1C. The number of nitrogens with one attached hydrogen (secondary N) is 2.